The Bertz CT molecular complexity index is 3950. The van der Waals surface area contributed by atoms with Gasteiger partial charge >= 0.3 is 0 Å². The molecule has 284 valence electrons. The molecular weight excluding hydrogens is 729 g/mol. The molecule has 2 heterocycles. The number of hydrogen-bond acceptors (Lipinski definition) is 2. The Morgan fingerprint density at radius 3 is 1.35 bits per heavy atom. The fourth-order valence-corrected chi connectivity index (χ4v) is 9.17. The molecule has 0 atom stereocenters. The van der Waals surface area contributed by atoms with Crippen LogP contribution < -0.4 is 0 Å². The van der Waals surface area contributed by atoms with E-state index in [1.54, 1.807) is 0 Å². The molecule has 0 radical (unpaired) electrons. The molecule has 2 heteroatoms. The zero-order valence-corrected chi connectivity index (χ0v) is 33.1. The van der Waals surface area contributed by atoms with Gasteiger partial charge in [-0.1, -0.05) is 160 Å². The molecular formula is C58H40O2. The van der Waals surface area contributed by atoms with Gasteiger partial charge < -0.3 is 8.83 Å². The van der Waals surface area contributed by atoms with E-state index in [-0.39, 0.29) is 51.3 Å². The molecule has 0 fully saturated rings. The molecule has 2 aromatic heterocycles. The van der Waals surface area contributed by atoms with E-state index in [1.165, 1.54) is 0 Å². The summed E-state index contributed by atoms with van der Waals surface area (Å²) >= 11 is 0. The highest BCUT2D eigenvalue weighted by atomic mass is 16.3. The van der Waals surface area contributed by atoms with E-state index in [9.17, 15) is 11.0 Å². The lowest BCUT2D eigenvalue weighted by atomic mass is 9.76. The van der Waals surface area contributed by atoms with E-state index in [0.717, 1.165) is 60.2 Å². The van der Waals surface area contributed by atoms with Gasteiger partial charge in [-0.25, -0.2) is 0 Å². The number of rotatable bonds is 4. The molecule has 0 aliphatic carbocycles. The summed E-state index contributed by atoms with van der Waals surface area (Å²) in [5, 5.41) is 5.84. The highest BCUT2D eigenvalue weighted by Gasteiger charge is 2.27. The van der Waals surface area contributed by atoms with E-state index in [2.05, 4.69) is 45.0 Å². The Kier molecular flexibility index (Phi) is 5.94. The highest BCUT2D eigenvalue weighted by Crippen LogP contribution is 2.52. The maximum Gasteiger partial charge on any atom is 0.135 e. The van der Waals surface area contributed by atoms with Gasteiger partial charge in [0.15, 0.2) is 0 Å². The van der Waals surface area contributed by atoms with Crippen LogP contribution >= 0.6 is 0 Å². The zero-order chi connectivity index (χ0) is 47.1. The van der Waals surface area contributed by atoms with Crippen LogP contribution in [0.4, 0.5) is 0 Å². The van der Waals surface area contributed by atoms with Gasteiger partial charge in [0.05, 0.1) is 11.0 Å². The largest absolute Gasteiger partial charge is 0.456 e. The monoisotopic (exact) mass is 776 g/mol. The summed E-state index contributed by atoms with van der Waals surface area (Å²) in [6.07, 6.45) is 0. The first-order chi connectivity index (χ1) is 32.7. The Balaban J connectivity index is 1.37. The van der Waals surface area contributed by atoms with Crippen molar-refractivity contribution < 1.29 is 19.8 Å². The SMILES string of the molecule is [2H]c1c([2H])c([2H])c2c(-c3cccc4ccccc34)c3c([2H])c([2H])c([2H])c([2H])c3c(-c3c(-c4ccc5oc6ccccc6c5c4)cc(C(C)(C)C)cc3-c3ccc4oc5ccccc5c4c3)c2c1[2H]. The van der Waals surface area contributed by atoms with Crippen LogP contribution in [0.1, 0.15) is 37.3 Å². The van der Waals surface area contributed by atoms with Crippen LogP contribution in [0.3, 0.4) is 0 Å². The second kappa shape index (κ2) is 13.0. The first-order valence-electron chi connectivity index (χ1n) is 24.2. The maximum atomic E-state index is 9.97. The Morgan fingerprint density at radius 2 is 0.817 bits per heavy atom. The summed E-state index contributed by atoms with van der Waals surface area (Å²) in [5.74, 6) is 0. The van der Waals surface area contributed by atoms with Crippen LogP contribution in [0.2, 0.25) is 0 Å². The fraction of sp³-hybridized carbons (Fsp3) is 0.0690. The third-order valence-electron chi connectivity index (χ3n) is 12.1. The summed E-state index contributed by atoms with van der Waals surface area (Å²) in [5.41, 5.74) is 8.11. The molecule has 0 unspecified atom stereocenters. The van der Waals surface area contributed by atoms with E-state index < -0.39 is 29.6 Å². The minimum Gasteiger partial charge on any atom is -0.456 e. The molecule has 0 saturated heterocycles. The van der Waals surface area contributed by atoms with Gasteiger partial charge in [-0.3, -0.25) is 0 Å². The van der Waals surface area contributed by atoms with Crippen molar-refractivity contribution in [1.29, 1.82) is 0 Å². The van der Waals surface area contributed by atoms with Crippen molar-refractivity contribution in [2.45, 2.75) is 26.2 Å². The molecule has 10 aromatic carbocycles. The van der Waals surface area contributed by atoms with Crippen molar-refractivity contribution in [2.75, 3.05) is 0 Å². The average molecular weight is 777 g/mol. The Hall–Kier alpha value is -7.42. The van der Waals surface area contributed by atoms with Gasteiger partial charge in [0.1, 0.15) is 22.3 Å². The van der Waals surface area contributed by atoms with E-state index in [1.807, 2.05) is 115 Å². The van der Waals surface area contributed by atoms with Gasteiger partial charge in [-0.2, -0.15) is 0 Å². The lowest BCUT2D eigenvalue weighted by Gasteiger charge is -2.27. The highest BCUT2D eigenvalue weighted by molar-refractivity contribution is 6.26. The topological polar surface area (TPSA) is 26.3 Å². The molecule has 0 bridgehead atoms. The second-order valence-electron chi connectivity index (χ2n) is 16.6. The van der Waals surface area contributed by atoms with Gasteiger partial charge in [0.25, 0.3) is 0 Å². The number of benzene rings is 10. The first-order valence-corrected chi connectivity index (χ1v) is 20.2. The molecule has 0 aliphatic rings. The molecule has 0 N–H and O–H groups in total. The van der Waals surface area contributed by atoms with Crippen molar-refractivity contribution in [3.05, 3.63) is 193 Å². The van der Waals surface area contributed by atoms with Gasteiger partial charge in [-0.05, 0) is 136 Å². The normalized spacial score (nSPS) is 14.1. The summed E-state index contributed by atoms with van der Waals surface area (Å²) in [6.45, 7) is 6.43. The van der Waals surface area contributed by atoms with Crippen LogP contribution in [0.5, 0.6) is 0 Å². The quantitative estimate of drug-likeness (QED) is 0.166. The van der Waals surface area contributed by atoms with Crippen LogP contribution in [-0.4, -0.2) is 0 Å². The molecule has 0 aliphatic heterocycles. The third kappa shape index (κ3) is 5.27. The number of para-hydroxylation sites is 2. The summed E-state index contributed by atoms with van der Waals surface area (Å²) in [4.78, 5) is 0. The fourth-order valence-electron chi connectivity index (χ4n) is 9.17. The van der Waals surface area contributed by atoms with Crippen molar-refractivity contribution in [2.24, 2.45) is 0 Å². The summed E-state index contributed by atoms with van der Waals surface area (Å²) in [7, 11) is 0. The first kappa shape index (κ1) is 27.3. The molecule has 2 nitrogen and oxygen atoms in total. The Morgan fingerprint density at radius 1 is 0.367 bits per heavy atom. The molecule has 0 saturated carbocycles. The number of furan rings is 2. The summed E-state index contributed by atoms with van der Waals surface area (Å²) in [6, 6.07) is 42.3. The van der Waals surface area contributed by atoms with Crippen LogP contribution in [0, 0.1) is 0 Å². The minimum absolute atomic E-state index is 0.146. The van der Waals surface area contributed by atoms with Gasteiger partial charge in [-0.15, -0.1) is 0 Å². The Labute approximate surface area is 359 Å². The standard InChI is InChI=1S/C58H40O2/c1-58(2,3)38-33-47(36-27-29-53-49(31-36)40-18-10-12-25-51(40)59-53)57(48(34-38)37-28-30-54-50(32-37)41-19-11-13-26-52(41)60-54)56-45-22-8-6-20-43(45)55(44-21-7-9-23-46(44)56)42-24-14-16-35-15-4-5-17-39(35)42/h4-34H,1-3H3/i6D,7D,8D,9D,20D,21D,22D,23D. The van der Waals surface area contributed by atoms with Gasteiger partial charge in [0, 0.05) is 21.5 Å². The van der Waals surface area contributed by atoms with E-state index in [0.29, 0.717) is 39.0 Å². The molecule has 60 heavy (non-hydrogen) atoms. The predicted molar refractivity (Wildman–Crippen MR) is 254 cm³/mol. The molecule has 0 amide bonds. The average Bonchev–Trinajstić information content (AvgIpc) is 3.92. The molecule has 0 spiro atoms. The van der Waals surface area contributed by atoms with E-state index >= 15 is 0 Å². The number of hydrogen-bond donors (Lipinski definition) is 0. The van der Waals surface area contributed by atoms with E-state index in [4.69, 9.17) is 8.83 Å². The maximum absolute atomic E-state index is 9.97. The van der Waals surface area contributed by atoms with Crippen LogP contribution in [-0.2, 0) is 5.41 Å². The van der Waals surface area contributed by atoms with Crippen LogP contribution in [0.15, 0.2) is 197 Å². The molecule has 12 rings (SSSR count). The minimum atomic E-state index is -0.459. The lowest BCUT2D eigenvalue weighted by Crippen LogP contribution is -2.12. The third-order valence-corrected chi connectivity index (χ3v) is 12.1. The van der Waals surface area contributed by atoms with Crippen LogP contribution in [0.25, 0.3) is 121 Å². The van der Waals surface area contributed by atoms with Crippen molar-refractivity contribution in [1.82, 2.24) is 0 Å². The van der Waals surface area contributed by atoms with Gasteiger partial charge in [0.2, 0.25) is 0 Å². The predicted octanol–water partition coefficient (Wildman–Crippen LogP) is 16.9. The molecule has 12 aromatic rings. The van der Waals surface area contributed by atoms with Crippen molar-refractivity contribution >= 4 is 76.2 Å². The number of fused-ring (bicyclic) bond motifs is 9. The lowest BCUT2D eigenvalue weighted by molar-refractivity contribution is 0.591. The summed E-state index contributed by atoms with van der Waals surface area (Å²) < 4.78 is 89.2. The van der Waals surface area contributed by atoms with Crippen molar-refractivity contribution in [3.8, 4) is 44.5 Å². The second-order valence-corrected chi connectivity index (χ2v) is 16.6. The smallest absolute Gasteiger partial charge is 0.135 e. The van der Waals surface area contributed by atoms with Crippen molar-refractivity contribution in [3.63, 3.8) is 0 Å². The zero-order valence-electron chi connectivity index (χ0n) is 41.1.